The van der Waals surface area contributed by atoms with Gasteiger partial charge in [-0.05, 0) is 0 Å². The monoisotopic (exact) mass is 302 g/mol. The molecule has 0 saturated heterocycles. The fraction of sp³-hybridized carbons (Fsp3) is 0.400. The van der Waals surface area contributed by atoms with Gasteiger partial charge in [-0.2, -0.15) is 0 Å². The third kappa shape index (κ3) is 3.92. The number of thioether (sulfide) groups is 1. The van der Waals surface area contributed by atoms with E-state index in [9.17, 15) is 0 Å². The standard InChI is InChI=1S/C6H5.C3H7S.CH4N.Sn/c1-2-4-6-5-3-1;1-3-4-2;1-2;/h1-5H;2-3H2,1H3;1-2H2;/q;;;+1. The van der Waals surface area contributed by atoms with E-state index in [4.69, 9.17) is 5.73 Å². The van der Waals surface area contributed by atoms with E-state index in [1.807, 2.05) is 11.8 Å². The molecule has 0 heterocycles. The molecule has 0 aliphatic carbocycles. The second kappa shape index (κ2) is 6.73. The number of nitrogens with two attached hydrogens (primary N) is 1. The zero-order chi connectivity index (χ0) is 9.52. The second-order valence-corrected chi connectivity index (χ2v) is 12.8. The SMILES string of the molecule is CCS[CH2][Sn+]([CH2]N)[c]1ccccc1. The molecular formula is C10H16NSSn+. The Morgan fingerprint density at radius 2 is 2.00 bits per heavy atom. The summed E-state index contributed by atoms with van der Waals surface area (Å²) in [6.45, 7) is 2.22. The fourth-order valence-corrected chi connectivity index (χ4v) is 10.8. The van der Waals surface area contributed by atoms with E-state index in [0.29, 0.717) is 0 Å². The van der Waals surface area contributed by atoms with E-state index < -0.39 is 19.8 Å². The van der Waals surface area contributed by atoms with Crippen LogP contribution in [0.4, 0.5) is 0 Å². The van der Waals surface area contributed by atoms with Crippen molar-refractivity contribution in [2.75, 3.05) is 14.1 Å². The van der Waals surface area contributed by atoms with Crippen molar-refractivity contribution >= 4 is 35.1 Å². The molecule has 0 saturated carbocycles. The Morgan fingerprint density at radius 1 is 1.31 bits per heavy atom. The number of hydrogen-bond acceptors (Lipinski definition) is 2. The predicted octanol–water partition coefficient (Wildman–Crippen LogP) is 1.18. The Hall–Kier alpha value is 0.329. The Balaban J connectivity index is 2.56. The third-order valence-electron chi connectivity index (χ3n) is 1.91. The first-order valence-electron chi connectivity index (χ1n) is 4.56. The Bertz CT molecular complexity index is 228. The molecule has 0 aromatic heterocycles. The van der Waals surface area contributed by atoms with Gasteiger partial charge in [-0.1, -0.05) is 0 Å². The van der Waals surface area contributed by atoms with Gasteiger partial charge in [0.1, 0.15) is 0 Å². The summed E-state index contributed by atoms with van der Waals surface area (Å²) in [5.74, 6) is 1.22. The molecule has 13 heavy (non-hydrogen) atoms. The van der Waals surface area contributed by atoms with Gasteiger partial charge in [0.2, 0.25) is 0 Å². The van der Waals surface area contributed by atoms with Gasteiger partial charge in [0.25, 0.3) is 0 Å². The zero-order valence-corrected chi connectivity index (χ0v) is 11.7. The normalized spacial score (nSPS) is 10.0. The molecule has 0 aliphatic heterocycles. The third-order valence-corrected chi connectivity index (χ3v) is 12.3. The van der Waals surface area contributed by atoms with Crippen molar-refractivity contribution in [3.05, 3.63) is 30.3 Å². The van der Waals surface area contributed by atoms with E-state index in [0.717, 1.165) is 4.56 Å². The van der Waals surface area contributed by atoms with E-state index in [1.165, 1.54) is 9.52 Å². The Labute approximate surface area is 91.8 Å². The molecule has 1 rings (SSSR count). The maximum absolute atomic E-state index is 5.82. The van der Waals surface area contributed by atoms with Gasteiger partial charge in [0.05, 0.1) is 0 Å². The summed E-state index contributed by atoms with van der Waals surface area (Å²) in [6.07, 6.45) is 0. The first kappa shape index (κ1) is 11.4. The van der Waals surface area contributed by atoms with Crippen LogP contribution in [0.25, 0.3) is 0 Å². The number of hydrogen-bond donors (Lipinski definition) is 1. The van der Waals surface area contributed by atoms with Gasteiger partial charge < -0.3 is 0 Å². The molecule has 0 radical (unpaired) electrons. The Kier molecular flexibility index (Phi) is 5.91. The summed E-state index contributed by atoms with van der Waals surface area (Å²) in [5.41, 5.74) is 5.82. The molecule has 0 bridgehead atoms. The van der Waals surface area contributed by atoms with Crippen LogP contribution in [0.15, 0.2) is 30.3 Å². The van der Waals surface area contributed by atoms with Crippen LogP contribution < -0.4 is 9.31 Å². The van der Waals surface area contributed by atoms with Crippen LogP contribution in [-0.4, -0.2) is 33.8 Å². The topological polar surface area (TPSA) is 26.0 Å². The van der Waals surface area contributed by atoms with Crippen molar-refractivity contribution in [1.29, 1.82) is 0 Å². The minimum absolute atomic E-state index is 0.944. The van der Waals surface area contributed by atoms with Crippen molar-refractivity contribution in [2.45, 2.75) is 6.92 Å². The molecule has 1 aromatic carbocycles. The quantitative estimate of drug-likeness (QED) is 0.827. The Morgan fingerprint density at radius 3 is 2.54 bits per heavy atom. The van der Waals surface area contributed by atoms with Gasteiger partial charge in [-0.3, -0.25) is 0 Å². The van der Waals surface area contributed by atoms with Gasteiger partial charge >= 0.3 is 92.2 Å². The molecule has 3 heteroatoms. The molecule has 0 fully saturated rings. The first-order chi connectivity index (χ1) is 6.38. The van der Waals surface area contributed by atoms with Crippen LogP contribution in [0.2, 0.25) is 0 Å². The second-order valence-electron chi connectivity index (χ2n) is 2.81. The van der Waals surface area contributed by atoms with Crippen LogP contribution in [0, 0.1) is 0 Å². The van der Waals surface area contributed by atoms with Gasteiger partial charge in [-0.25, -0.2) is 0 Å². The summed E-state index contributed by atoms with van der Waals surface area (Å²) in [7, 11) is 0. The zero-order valence-electron chi connectivity index (χ0n) is 7.99. The number of rotatable bonds is 5. The number of benzene rings is 1. The average molecular weight is 301 g/mol. The van der Waals surface area contributed by atoms with Crippen LogP contribution in [0.5, 0.6) is 0 Å². The van der Waals surface area contributed by atoms with Gasteiger partial charge in [0.15, 0.2) is 0 Å². The van der Waals surface area contributed by atoms with Crippen LogP contribution in [0.3, 0.4) is 0 Å². The molecule has 1 nitrogen and oxygen atoms in total. The minimum atomic E-state index is -1.42. The molecule has 70 valence electrons. The molecular weight excluding hydrogens is 285 g/mol. The van der Waals surface area contributed by atoms with E-state index >= 15 is 0 Å². The van der Waals surface area contributed by atoms with Crippen LogP contribution >= 0.6 is 11.8 Å². The van der Waals surface area contributed by atoms with Crippen molar-refractivity contribution in [1.82, 2.24) is 0 Å². The molecule has 0 amide bonds. The summed E-state index contributed by atoms with van der Waals surface area (Å²) in [4.78, 5) is 0. The van der Waals surface area contributed by atoms with E-state index in [2.05, 4.69) is 37.3 Å². The molecule has 0 atom stereocenters. The van der Waals surface area contributed by atoms with Gasteiger partial charge in [-0.15, -0.1) is 0 Å². The van der Waals surface area contributed by atoms with Crippen LogP contribution in [0.1, 0.15) is 6.92 Å². The molecule has 0 aliphatic rings. The predicted molar refractivity (Wildman–Crippen MR) is 63.9 cm³/mol. The van der Waals surface area contributed by atoms with Crippen molar-refractivity contribution < 1.29 is 0 Å². The molecule has 2 N–H and O–H groups in total. The summed E-state index contributed by atoms with van der Waals surface area (Å²) >= 11 is 0.626. The summed E-state index contributed by atoms with van der Waals surface area (Å²) < 4.78 is 3.84. The van der Waals surface area contributed by atoms with Gasteiger partial charge in [0, 0.05) is 0 Å². The van der Waals surface area contributed by atoms with Crippen LogP contribution in [-0.2, 0) is 0 Å². The van der Waals surface area contributed by atoms with Crippen molar-refractivity contribution in [3.63, 3.8) is 0 Å². The summed E-state index contributed by atoms with van der Waals surface area (Å²) in [6, 6.07) is 10.8. The van der Waals surface area contributed by atoms with E-state index in [1.54, 1.807) is 3.58 Å². The average Bonchev–Trinajstić information content (AvgIpc) is 2.21. The van der Waals surface area contributed by atoms with Crippen molar-refractivity contribution in [2.24, 2.45) is 5.73 Å². The van der Waals surface area contributed by atoms with Crippen molar-refractivity contribution in [3.8, 4) is 0 Å². The fourth-order valence-electron chi connectivity index (χ4n) is 1.16. The summed E-state index contributed by atoms with van der Waals surface area (Å²) in [5, 5.41) is 0. The molecule has 0 unspecified atom stereocenters. The van der Waals surface area contributed by atoms with E-state index in [-0.39, 0.29) is 0 Å². The maximum atomic E-state index is 5.82. The first-order valence-corrected chi connectivity index (χ1v) is 11.2. The molecule has 1 aromatic rings. The molecule has 0 spiro atoms.